The minimum absolute atomic E-state index is 0.158. The maximum atomic E-state index is 12.3. The van der Waals surface area contributed by atoms with Gasteiger partial charge < -0.3 is 14.2 Å². The van der Waals surface area contributed by atoms with Crippen molar-refractivity contribution in [2.45, 2.75) is 37.5 Å². The van der Waals surface area contributed by atoms with Crippen LogP contribution in [0.5, 0.6) is 5.88 Å². The molecule has 4 aliphatic rings. The third kappa shape index (κ3) is 3.52. The molecular formula is C20H21N3O5S2. The zero-order valence-electron chi connectivity index (χ0n) is 16.2. The van der Waals surface area contributed by atoms with Crippen molar-refractivity contribution in [2.75, 3.05) is 19.7 Å². The summed E-state index contributed by atoms with van der Waals surface area (Å²) in [6.45, 7) is 1.89. The topological polar surface area (TPSA) is 90.9 Å². The number of thiophene rings is 1. The summed E-state index contributed by atoms with van der Waals surface area (Å²) >= 11 is 2.79. The summed E-state index contributed by atoms with van der Waals surface area (Å²) in [4.78, 5) is 27.8. The minimum atomic E-state index is -1.50. The number of rotatable bonds is 6. The van der Waals surface area contributed by atoms with Crippen molar-refractivity contribution < 1.29 is 23.8 Å². The fourth-order valence-electron chi connectivity index (χ4n) is 4.55. The summed E-state index contributed by atoms with van der Waals surface area (Å²) in [5.41, 5.74) is 0.605. The van der Waals surface area contributed by atoms with Crippen molar-refractivity contribution in [1.82, 2.24) is 13.6 Å². The van der Waals surface area contributed by atoms with Crippen LogP contribution in [-0.4, -0.2) is 51.2 Å². The van der Waals surface area contributed by atoms with Crippen LogP contribution in [0.4, 0.5) is 0 Å². The molecule has 8 nitrogen and oxygen atoms in total. The third-order valence-corrected chi connectivity index (χ3v) is 7.32. The van der Waals surface area contributed by atoms with Crippen LogP contribution < -0.4 is 4.74 Å². The van der Waals surface area contributed by atoms with Crippen molar-refractivity contribution in [2.24, 2.45) is 5.92 Å². The highest BCUT2D eigenvalue weighted by atomic mass is 32.1. The number of esters is 2. The summed E-state index contributed by atoms with van der Waals surface area (Å²) < 4.78 is 26.3. The number of fused-ring (bicyclic) bond motifs is 2. The number of ether oxygens (including phenoxy) is 3. The van der Waals surface area contributed by atoms with Crippen LogP contribution in [0.3, 0.4) is 0 Å². The Morgan fingerprint density at radius 3 is 2.63 bits per heavy atom. The van der Waals surface area contributed by atoms with Crippen LogP contribution in [-0.2, 0) is 25.5 Å². The molecule has 0 amide bonds. The van der Waals surface area contributed by atoms with Gasteiger partial charge in [-0.05, 0) is 43.0 Å². The number of aromatic nitrogens is 2. The van der Waals surface area contributed by atoms with E-state index in [1.165, 1.54) is 4.88 Å². The Labute approximate surface area is 181 Å². The molecule has 0 N–H and O–H groups in total. The van der Waals surface area contributed by atoms with Crippen LogP contribution in [0.15, 0.2) is 29.7 Å². The van der Waals surface area contributed by atoms with Gasteiger partial charge in [-0.15, -0.1) is 15.7 Å². The Morgan fingerprint density at radius 1 is 1.17 bits per heavy atom. The predicted molar refractivity (Wildman–Crippen MR) is 109 cm³/mol. The van der Waals surface area contributed by atoms with E-state index in [4.69, 9.17) is 14.2 Å². The molecule has 1 unspecified atom stereocenters. The van der Waals surface area contributed by atoms with Crippen LogP contribution in [0, 0.1) is 5.92 Å². The summed E-state index contributed by atoms with van der Waals surface area (Å²) in [6, 6.07) is 4.15. The summed E-state index contributed by atoms with van der Waals surface area (Å²) in [7, 11) is 0. The van der Waals surface area contributed by atoms with Gasteiger partial charge in [0.05, 0.1) is 18.3 Å². The fraction of sp³-hybridized carbons (Fsp3) is 0.500. The minimum Gasteiger partial charge on any atom is -0.476 e. The molecule has 2 bridgehead atoms. The van der Waals surface area contributed by atoms with E-state index < -0.39 is 23.8 Å². The number of piperidine rings is 3. The van der Waals surface area contributed by atoms with Crippen molar-refractivity contribution in [1.29, 1.82) is 0 Å². The van der Waals surface area contributed by atoms with Crippen LogP contribution >= 0.6 is 23.1 Å². The van der Waals surface area contributed by atoms with Gasteiger partial charge in [0, 0.05) is 30.1 Å². The van der Waals surface area contributed by atoms with E-state index >= 15 is 0 Å². The molecule has 0 saturated carbocycles. The highest BCUT2D eigenvalue weighted by Gasteiger charge is 2.62. The van der Waals surface area contributed by atoms with E-state index in [0.717, 1.165) is 49.6 Å². The Balaban J connectivity index is 1.39. The summed E-state index contributed by atoms with van der Waals surface area (Å²) in [6.07, 6.45) is 5.83. The molecule has 0 radical (unpaired) electrons. The normalized spacial score (nSPS) is 27.0. The molecular weight excluding hydrogens is 426 g/mol. The average Bonchev–Trinajstić information content (AvgIpc) is 3.40. The van der Waals surface area contributed by atoms with Gasteiger partial charge >= 0.3 is 17.8 Å². The second-order valence-electron chi connectivity index (χ2n) is 7.59. The molecule has 1 spiro atoms. The second kappa shape index (κ2) is 8.09. The largest absolute Gasteiger partial charge is 0.476 e. The molecule has 6 rings (SSSR count). The maximum Gasteiger partial charge on any atom is 0.335 e. The number of nitrogens with zero attached hydrogens (tertiary/aromatic N) is 3. The first-order valence-corrected chi connectivity index (χ1v) is 11.6. The van der Waals surface area contributed by atoms with Crippen LogP contribution in [0.25, 0.3) is 0 Å². The van der Waals surface area contributed by atoms with Crippen LogP contribution in [0.2, 0.25) is 0 Å². The molecule has 30 heavy (non-hydrogen) atoms. The van der Waals surface area contributed by atoms with Gasteiger partial charge in [-0.25, -0.2) is 14.5 Å². The van der Waals surface area contributed by atoms with Crippen molar-refractivity contribution in [3.8, 4) is 5.88 Å². The molecule has 2 aromatic heterocycles. The molecule has 0 aromatic carbocycles. The van der Waals surface area contributed by atoms with Gasteiger partial charge in [-0.3, -0.25) is 0 Å². The zero-order chi connectivity index (χ0) is 20.6. The molecule has 158 valence electrons. The summed E-state index contributed by atoms with van der Waals surface area (Å²) in [5, 5.41) is 2.07. The lowest BCUT2D eigenvalue weighted by molar-refractivity contribution is -0.324. The number of aryl methyl sites for hydroxylation is 1. The Kier molecular flexibility index (Phi) is 5.30. The SMILES string of the molecule is O=C1C=CC(=O)OC2(O1)C(c1nsnc1OCCCc1cccs1)C1CCN2CC1. The molecule has 3 saturated heterocycles. The lowest BCUT2D eigenvalue weighted by Gasteiger charge is -2.54. The standard InChI is InChI=1S/C20H21N3O5S2/c24-15-5-6-16(25)28-20(27-15)17(13-7-9-23(20)10-8-13)18-19(22-30-21-18)26-11-1-3-14-4-2-12-29-14/h2,4-6,12-13,17H,1,3,7-11H2. The number of hydrogen-bond acceptors (Lipinski definition) is 10. The lowest BCUT2D eigenvalue weighted by Crippen LogP contribution is -2.66. The molecule has 6 heterocycles. The number of carbonyl (C=O) groups is 2. The average molecular weight is 448 g/mol. The predicted octanol–water partition coefficient (Wildman–Crippen LogP) is 2.73. The maximum absolute atomic E-state index is 12.3. The highest BCUT2D eigenvalue weighted by molar-refractivity contribution is 7.09. The number of hydrogen-bond donors (Lipinski definition) is 0. The van der Waals surface area contributed by atoms with E-state index in [9.17, 15) is 9.59 Å². The van der Waals surface area contributed by atoms with E-state index in [-0.39, 0.29) is 5.92 Å². The fourth-order valence-corrected chi connectivity index (χ4v) is 5.84. The van der Waals surface area contributed by atoms with Crippen molar-refractivity contribution in [3.05, 3.63) is 40.2 Å². The van der Waals surface area contributed by atoms with E-state index in [2.05, 4.69) is 20.2 Å². The van der Waals surface area contributed by atoms with Gasteiger partial charge in [0.15, 0.2) is 0 Å². The Hall–Kier alpha value is -2.30. The first-order chi connectivity index (χ1) is 14.7. The van der Waals surface area contributed by atoms with E-state index in [1.807, 2.05) is 11.0 Å². The van der Waals surface area contributed by atoms with Gasteiger partial charge in [-0.2, -0.15) is 4.37 Å². The van der Waals surface area contributed by atoms with Gasteiger partial charge in [0.25, 0.3) is 0 Å². The summed E-state index contributed by atoms with van der Waals surface area (Å²) in [5.74, 6) is -2.53. The molecule has 3 fully saturated rings. The lowest BCUT2D eigenvalue weighted by atomic mass is 9.74. The molecule has 10 heteroatoms. The third-order valence-electron chi connectivity index (χ3n) is 5.86. The molecule has 1 atom stereocenters. The number of carbonyl (C=O) groups excluding carboxylic acids is 2. The van der Waals surface area contributed by atoms with E-state index in [0.29, 0.717) is 31.3 Å². The first-order valence-electron chi connectivity index (χ1n) is 10.0. The monoisotopic (exact) mass is 447 g/mol. The second-order valence-corrected chi connectivity index (χ2v) is 9.16. The van der Waals surface area contributed by atoms with Crippen molar-refractivity contribution >= 4 is 35.0 Å². The molecule has 2 aromatic rings. The quantitative estimate of drug-likeness (QED) is 0.493. The van der Waals surface area contributed by atoms with Gasteiger partial charge in [0.1, 0.15) is 11.6 Å². The molecule has 0 aliphatic carbocycles. The smallest absolute Gasteiger partial charge is 0.335 e. The van der Waals surface area contributed by atoms with Crippen LogP contribution in [0.1, 0.15) is 35.8 Å². The highest BCUT2D eigenvalue weighted by Crippen LogP contribution is 2.52. The zero-order valence-corrected chi connectivity index (χ0v) is 17.8. The van der Waals surface area contributed by atoms with Gasteiger partial charge in [0.2, 0.25) is 5.88 Å². The first kappa shape index (κ1) is 19.7. The van der Waals surface area contributed by atoms with Gasteiger partial charge in [-0.1, -0.05) is 6.07 Å². The molecule has 4 aliphatic heterocycles. The Morgan fingerprint density at radius 2 is 1.93 bits per heavy atom. The van der Waals surface area contributed by atoms with E-state index in [1.54, 1.807) is 11.3 Å². The van der Waals surface area contributed by atoms with Crippen molar-refractivity contribution in [3.63, 3.8) is 0 Å². The Bertz CT molecular complexity index is 930.